The summed E-state index contributed by atoms with van der Waals surface area (Å²) in [5.41, 5.74) is 2.50. The molecule has 2 aliphatic rings. The van der Waals surface area contributed by atoms with Crippen molar-refractivity contribution in [2.24, 2.45) is 0 Å². The van der Waals surface area contributed by atoms with Crippen molar-refractivity contribution in [3.05, 3.63) is 52.8 Å². The average molecular weight is 384 g/mol. The van der Waals surface area contributed by atoms with Crippen LogP contribution in [0.4, 0.5) is 0 Å². The smallest absolute Gasteiger partial charge is 0.251 e. The van der Waals surface area contributed by atoms with Crippen LogP contribution in [0.5, 0.6) is 0 Å². The lowest BCUT2D eigenvalue weighted by Gasteiger charge is -2.24. The molecule has 3 N–H and O–H groups in total. The van der Waals surface area contributed by atoms with Crippen molar-refractivity contribution in [3.8, 4) is 0 Å². The van der Waals surface area contributed by atoms with Gasteiger partial charge in [0.2, 0.25) is 5.91 Å². The summed E-state index contributed by atoms with van der Waals surface area (Å²) in [5, 5.41) is 20.1. The molecule has 8 nitrogen and oxygen atoms in total. The number of aromatic nitrogens is 2. The molecule has 2 aromatic rings. The SMILES string of the molecule is O=C(NCC1(O)CCN(C(=O)Cc2cn[nH]c2)C1)c1ccc2c(c1)COCC2. The number of nitrogens with one attached hydrogen (secondary N) is 2. The quantitative estimate of drug-likeness (QED) is 0.693. The molecule has 0 aliphatic carbocycles. The number of rotatable bonds is 5. The van der Waals surface area contributed by atoms with Crippen LogP contribution in [0.25, 0.3) is 0 Å². The highest BCUT2D eigenvalue weighted by Crippen LogP contribution is 2.22. The highest BCUT2D eigenvalue weighted by molar-refractivity contribution is 5.94. The number of aliphatic hydroxyl groups is 1. The fourth-order valence-corrected chi connectivity index (χ4v) is 3.73. The Bertz CT molecular complexity index is 867. The number of aromatic amines is 1. The van der Waals surface area contributed by atoms with Gasteiger partial charge in [-0.3, -0.25) is 14.7 Å². The standard InChI is InChI=1S/C20H24N4O4/c25-18(7-14-9-22-23-10-14)24-5-4-20(27,13-24)12-21-19(26)16-2-1-15-3-6-28-11-17(15)8-16/h1-2,8-10,27H,3-7,11-13H2,(H,21,26)(H,22,23). The normalized spacial score (nSPS) is 21.4. The lowest BCUT2D eigenvalue weighted by molar-refractivity contribution is -0.130. The van der Waals surface area contributed by atoms with Gasteiger partial charge in [-0.1, -0.05) is 6.07 Å². The third-order valence-electron chi connectivity index (χ3n) is 5.41. The lowest BCUT2D eigenvalue weighted by Crippen LogP contribution is -2.45. The monoisotopic (exact) mass is 384 g/mol. The molecular weight excluding hydrogens is 360 g/mol. The van der Waals surface area contributed by atoms with E-state index in [-0.39, 0.29) is 31.3 Å². The van der Waals surface area contributed by atoms with E-state index in [9.17, 15) is 14.7 Å². The molecule has 0 bridgehead atoms. The van der Waals surface area contributed by atoms with E-state index in [4.69, 9.17) is 4.74 Å². The summed E-state index contributed by atoms with van der Waals surface area (Å²) in [6.07, 6.45) is 4.84. The van der Waals surface area contributed by atoms with Crippen LogP contribution in [0.15, 0.2) is 30.6 Å². The zero-order valence-corrected chi connectivity index (χ0v) is 15.6. The summed E-state index contributed by atoms with van der Waals surface area (Å²) < 4.78 is 5.44. The number of hydrogen-bond acceptors (Lipinski definition) is 5. The molecule has 2 aliphatic heterocycles. The van der Waals surface area contributed by atoms with Gasteiger partial charge in [0.15, 0.2) is 0 Å². The fourth-order valence-electron chi connectivity index (χ4n) is 3.73. The summed E-state index contributed by atoms with van der Waals surface area (Å²) in [4.78, 5) is 26.5. The molecule has 1 unspecified atom stereocenters. The molecule has 2 amide bonds. The zero-order valence-electron chi connectivity index (χ0n) is 15.6. The maximum absolute atomic E-state index is 12.5. The van der Waals surface area contributed by atoms with E-state index in [1.807, 2.05) is 12.1 Å². The van der Waals surface area contributed by atoms with Crippen molar-refractivity contribution in [2.45, 2.75) is 31.5 Å². The molecule has 4 rings (SSSR count). The number of benzene rings is 1. The van der Waals surface area contributed by atoms with Gasteiger partial charge < -0.3 is 20.1 Å². The minimum absolute atomic E-state index is 0.0571. The van der Waals surface area contributed by atoms with Crippen molar-refractivity contribution in [1.29, 1.82) is 0 Å². The predicted octanol–water partition coefficient (Wildman–Crippen LogP) is 0.418. The fraction of sp³-hybridized carbons (Fsp3) is 0.450. The molecule has 1 aromatic heterocycles. The Hall–Kier alpha value is -2.71. The number of fused-ring (bicyclic) bond motifs is 1. The maximum atomic E-state index is 12.5. The van der Waals surface area contributed by atoms with E-state index in [2.05, 4.69) is 15.5 Å². The molecule has 0 saturated carbocycles. The molecule has 0 radical (unpaired) electrons. The Morgan fingerprint density at radius 2 is 2.25 bits per heavy atom. The van der Waals surface area contributed by atoms with Gasteiger partial charge in [0.05, 0.1) is 32.4 Å². The van der Waals surface area contributed by atoms with Gasteiger partial charge in [0, 0.05) is 24.8 Å². The van der Waals surface area contributed by atoms with Gasteiger partial charge in [-0.15, -0.1) is 0 Å². The molecule has 1 saturated heterocycles. The molecule has 0 spiro atoms. The van der Waals surface area contributed by atoms with Crippen LogP contribution in [0, 0.1) is 0 Å². The first-order valence-corrected chi connectivity index (χ1v) is 9.48. The number of β-amino-alcohol motifs (C(OH)–C–C–N with tert-alkyl or cyclic N) is 1. The minimum atomic E-state index is -1.11. The van der Waals surface area contributed by atoms with Gasteiger partial charge in [0.1, 0.15) is 5.60 Å². The third-order valence-corrected chi connectivity index (χ3v) is 5.41. The second-order valence-electron chi connectivity index (χ2n) is 7.54. The molecule has 8 heteroatoms. The first-order valence-electron chi connectivity index (χ1n) is 9.48. The van der Waals surface area contributed by atoms with Crippen molar-refractivity contribution < 1.29 is 19.4 Å². The third kappa shape index (κ3) is 4.07. The van der Waals surface area contributed by atoms with E-state index < -0.39 is 5.60 Å². The average Bonchev–Trinajstić information content (AvgIpc) is 3.36. The molecule has 3 heterocycles. The highest BCUT2D eigenvalue weighted by Gasteiger charge is 2.38. The number of amides is 2. The van der Waals surface area contributed by atoms with Crippen LogP contribution < -0.4 is 5.32 Å². The van der Waals surface area contributed by atoms with E-state index in [0.29, 0.717) is 31.7 Å². The molecular formula is C20H24N4O4. The Balaban J connectivity index is 1.31. The second-order valence-corrected chi connectivity index (χ2v) is 7.54. The molecule has 1 atom stereocenters. The summed E-state index contributed by atoms with van der Waals surface area (Å²) in [7, 11) is 0. The van der Waals surface area contributed by atoms with E-state index in [1.165, 1.54) is 5.56 Å². The van der Waals surface area contributed by atoms with Crippen molar-refractivity contribution in [2.75, 3.05) is 26.2 Å². The topological polar surface area (TPSA) is 108 Å². The number of carbonyl (C=O) groups is 2. The first kappa shape index (κ1) is 18.6. The van der Waals surface area contributed by atoms with E-state index in [0.717, 1.165) is 17.5 Å². The summed E-state index contributed by atoms with van der Waals surface area (Å²) in [6, 6.07) is 5.62. The van der Waals surface area contributed by atoms with E-state index in [1.54, 1.807) is 23.4 Å². The van der Waals surface area contributed by atoms with Gasteiger partial charge in [-0.05, 0) is 41.7 Å². The maximum Gasteiger partial charge on any atom is 0.251 e. The van der Waals surface area contributed by atoms with Crippen LogP contribution >= 0.6 is 0 Å². The minimum Gasteiger partial charge on any atom is -0.386 e. The first-order chi connectivity index (χ1) is 13.5. The van der Waals surface area contributed by atoms with Crippen LogP contribution in [-0.2, 0) is 29.0 Å². The van der Waals surface area contributed by atoms with Gasteiger partial charge >= 0.3 is 0 Å². The van der Waals surface area contributed by atoms with Crippen LogP contribution in [-0.4, -0.2) is 63.9 Å². The van der Waals surface area contributed by atoms with Gasteiger partial charge in [-0.2, -0.15) is 5.10 Å². The van der Waals surface area contributed by atoms with Gasteiger partial charge in [-0.25, -0.2) is 0 Å². The van der Waals surface area contributed by atoms with Crippen LogP contribution in [0.3, 0.4) is 0 Å². The predicted molar refractivity (Wildman–Crippen MR) is 101 cm³/mol. The number of likely N-dealkylation sites (tertiary alicyclic amines) is 1. The van der Waals surface area contributed by atoms with Crippen LogP contribution in [0.1, 0.15) is 33.5 Å². The molecule has 1 aromatic carbocycles. The summed E-state index contributed by atoms with van der Waals surface area (Å²) >= 11 is 0. The number of H-pyrrole nitrogens is 1. The molecule has 28 heavy (non-hydrogen) atoms. The highest BCUT2D eigenvalue weighted by atomic mass is 16.5. The largest absolute Gasteiger partial charge is 0.386 e. The number of ether oxygens (including phenoxy) is 1. The Morgan fingerprint density at radius 1 is 1.36 bits per heavy atom. The summed E-state index contributed by atoms with van der Waals surface area (Å²) in [6.45, 7) is 2.02. The van der Waals surface area contributed by atoms with Crippen molar-refractivity contribution in [1.82, 2.24) is 20.4 Å². The van der Waals surface area contributed by atoms with Crippen LogP contribution in [0.2, 0.25) is 0 Å². The zero-order chi connectivity index (χ0) is 19.6. The molecule has 1 fully saturated rings. The van der Waals surface area contributed by atoms with Crippen molar-refractivity contribution in [3.63, 3.8) is 0 Å². The number of carbonyl (C=O) groups excluding carboxylic acids is 2. The summed E-state index contributed by atoms with van der Waals surface area (Å²) in [5.74, 6) is -0.289. The lowest BCUT2D eigenvalue weighted by atomic mass is 9.99. The molecule has 148 valence electrons. The van der Waals surface area contributed by atoms with Crippen molar-refractivity contribution >= 4 is 11.8 Å². The van der Waals surface area contributed by atoms with E-state index >= 15 is 0 Å². The Morgan fingerprint density at radius 3 is 3.07 bits per heavy atom. The second kappa shape index (κ2) is 7.73. The van der Waals surface area contributed by atoms with Gasteiger partial charge in [0.25, 0.3) is 5.91 Å². The number of nitrogens with zero attached hydrogens (tertiary/aromatic N) is 2. The Labute approximate surface area is 162 Å². The number of hydrogen-bond donors (Lipinski definition) is 3. The Kier molecular flexibility index (Phi) is 5.15.